The molecule has 1 aromatic carbocycles. The van der Waals surface area contributed by atoms with E-state index in [2.05, 4.69) is 0 Å². The summed E-state index contributed by atoms with van der Waals surface area (Å²) in [6.07, 6.45) is -6.35. The molecule has 122 valence electrons. The molecule has 3 N–H and O–H groups in total. The van der Waals surface area contributed by atoms with Crippen LogP contribution in [0.2, 0.25) is 0 Å². The minimum absolute atomic E-state index is 0.00503. The SMILES string of the molecule is COC[C@H]1O[C@H](Oc2ccc([N+](=O)[O-])cc2)[C@H](O)[C@@H](O)[C@H]1O. The Hall–Kier alpha value is -1.78. The number of methoxy groups -OCH3 is 1. The Morgan fingerprint density at radius 1 is 1.18 bits per heavy atom. The number of nitro groups is 1. The van der Waals surface area contributed by atoms with Gasteiger partial charge in [-0.05, 0) is 12.1 Å². The van der Waals surface area contributed by atoms with E-state index in [9.17, 15) is 25.4 Å². The molecule has 1 saturated heterocycles. The fraction of sp³-hybridized carbons (Fsp3) is 0.538. The summed E-state index contributed by atoms with van der Waals surface area (Å²) in [4.78, 5) is 10.0. The van der Waals surface area contributed by atoms with E-state index >= 15 is 0 Å². The van der Waals surface area contributed by atoms with E-state index in [-0.39, 0.29) is 18.0 Å². The molecule has 0 spiro atoms. The number of non-ortho nitro benzene ring substituents is 1. The van der Waals surface area contributed by atoms with Crippen LogP contribution in [-0.2, 0) is 9.47 Å². The summed E-state index contributed by atoms with van der Waals surface area (Å²) >= 11 is 0. The van der Waals surface area contributed by atoms with Crippen LogP contribution in [0.1, 0.15) is 0 Å². The van der Waals surface area contributed by atoms with Gasteiger partial charge in [-0.2, -0.15) is 0 Å². The van der Waals surface area contributed by atoms with Gasteiger partial charge in [0.05, 0.1) is 11.5 Å². The van der Waals surface area contributed by atoms with Gasteiger partial charge in [-0.15, -0.1) is 0 Å². The van der Waals surface area contributed by atoms with Crippen molar-refractivity contribution in [3.05, 3.63) is 34.4 Å². The molecule has 5 atom stereocenters. The fourth-order valence-corrected chi connectivity index (χ4v) is 2.10. The van der Waals surface area contributed by atoms with Gasteiger partial charge in [-0.1, -0.05) is 0 Å². The molecule has 0 radical (unpaired) electrons. The second kappa shape index (κ2) is 6.99. The Morgan fingerprint density at radius 2 is 1.82 bits per heavy atom. The predicted octanol–water partition coefficient (Wildman–Crippen LogP) is -0.572. The van der Waals surface area contributed by atoms with Crippen LogP contribution in [-0.4, -0.2) is 64.7 Å². The first-order valence-corrected chi connectivity index (χ1v) is 6.53. The second-order valence-corrected chi connectivity index (χ2v) is 4.84. The van der Waals surface area contributed by atoms with Crippen LogP contribution in [0.15, 0.2) is 24.3 Å². The van der Waals surface area contributed by atoms with E-state index in [0.717, 1.165) is 0 Å². The molecule has 22 heavy (non-hydrogen) atoms. The molecule has 1 aliphatic rings. The summed E-state index contributed by atoms with van der Waals surface area (Å²) in [6, 6.07) is 5.17. The minimum Gasteiger partial charge on any atom is -0.462 e. The summed E-state index contributed by atoms with van der Waals surface area (Å²) in [5.74, 6) is 0.217. The fourth-order valence-electron chi connectivity index (χ4n) is 2.10. The first-order valence-electron chi connectivity index (χ1n) is 6.53. The molecular weight excluding hydrogens is 298 g/mol. The summed E-state index contributed by atoms with van der Waals surface area (Å²) < 4.78 is 15.6. The molecule has 0 aromatic heterocycles. The van der Waals surface area contributed by atoms with Crippen molar-refractivity contribution < 1.29 is 34.5 Å². The average Bonchev–Trinajstić information content (AvgIpc) is 2.50. The number of rotatable bonds is 5. The van der Waals surface area contributed by atoms with Crippen molar-refractivity contribution in [1.82, 2.24) is 0 Å². The van der Waals surface area contributed by atoms with Crippen LogP contribution in [0.3, 0.4) is 0 Å². The number of nitrogens with zero attached hydrogens (tertiary/aromatic N) is 1. The third-order valence-corrected chi connectivity index (χ3v) is 3.30. The standard InChI is InChI=1S/C13H17NO8/c1-20-6-9-10(15)11(16)12(17)13(22-9)21-8-4-2-7(3-5-8)14(18)19/h2-5,9-13,15-17H,6H2,1H3/t9-,10+,11+,12-,13+/m1/s1. The van der Waals surface area contributed by atoms with Gasteiger partial charge in [-0.3, -0.25) is 10.1 Å². The highest BCUT2D eigenvalue weighted by Crippen LogP contribution is 2.25. The van der Waals surface area contributed by atoms with Crippen LogP contribution < -0.4 is 4.74 Å². The Kier molecular flexibility index (Phi) is 5.27. The first-order chi connectivity index (χ1) is 10.4. The Balaban J connectivity index is 2.08. The van der Waals surface area contributed by atoms with E-state index in [4.69, 9.17) is 14.2 Å². The summed E-state index contributed by atoms with van der Waals surface area (Å²) in [5, 5.41) is 40.0. The lowest BCUT2D eigenvalue weighted by Crippen LogP contribution is -2.60. The Labute approximate surface area is 125 Å². The van der Waals surface area contributed by atoms with Gasteiger partial charge in [-0.25, -0.2) is 0 Å². The van der Waals surface area contributed by atoms with Gasteiger partial charge in [0.1, 0.15) is 30.2 Å². The minimum atomic E-state index is -1.47. The molecule has 0 unspecified atom stereocenters. The Morgan fingerprint density at radius 3 is 2.36 bits per heavy atom. The van der Waals surface area contributed by atoms with Gasteiger partial charge >= 0.3 is 0 Å². The van der Waals surface area contributed by atoms with Crippen LogP contribution >= 0.6 is 0 Å². The van der Waals surface area contributed by atoms with E-state index in [1.54, 1.807) is 0 Å². The Bertz CT molecular complexity index is 507. The smallest absolute Gasteiger partial charge is 0.269 e. The zero-order valence-corrected chi connectivity index (χ0v) is 11.7. The van der Waals surface area contributed by atoms with E-state index in [1.165, 1.54) is 31.4 Å². The molecule has 1 aromatic rings. The van der Waals surface area contributed by atoms with Crippen molar-refractivity contribution in [1.29, 1.82) is 0 Å². The summed E-state index contributed by atoms with van der Waals surface area (Å²) in [7, 11) is 1.40. The van der Waals surface area contributed by atoms with Gasteiger partial charge in [0, 0.05) is 19.2 Å². The zero-order chi connectivity index (χ0) is 16.3. The lowest BCUT2D eigenvalue weighted by atomic mass is 9.99. The highest BCUT2D eigenvalue weighted by atomic mass is 16.7. The lowest BCUT2D eigenvalue weighted by molar-refractivity contribution is -0.384. The van der Waals surface area contributed by atoms with Crippen molar-refractivity contribution in [2.75, 3.05) is 13.7 Å². The number of benzene rings is 1. The normalized spacial score (nSPS) is 31.7. The number of aliphatic hydroxyl groups is 3. The molecule has 1 aliphatic heterocycles. The van der Waals surface area contributed by atoms with Gasteiger partial charge in [0.25, 0.3) is 5.69 Å². The topological polar surface area (TPSA) is 132 Å². The third-order valence-electron chi connectivity index (χ3n) is 3.30. The monoisotopic (exact) mass is 315 g/mol. The van der Waals surface area contributed by atoms with Crippen molar-refractivity contribution in [2.45, 2.75) is 30.7 Å². The summed E-state index contributed by atoms with van der Waals surface area (Å²) in [6.45, 7) is 0.00503. The molecule has 1 fully saturated rings. The number of nitro benzene ring substituents is 1. The van der Waals surface area contributed by atoms with Crippen LogP contribution in [0.25, 0.3) is 0 Å². The maximum Gasteiger partial charge on any atom is 0.269 e. The number of aliphatic hydroxyl groups excluding tert-OH is 3. The largest absolute Gasteiger partial charge is 0.462 e. The number of hydrogen-bond donors (Lipinski definition) is 3. The van der Waals surface area contributed by atoms with E-state index < -0.39 is 35.6 Å². The van der Waals surface area contributed by atoms with Crippen LogP contribution in [0.4, 0.5) is 5.69 Å². The van der Waals surface area contributed by atoms with Gasteiger partial charge in [0.2, 0.25) is 6.29 Å². The van der Waals surface area contributed by atoms with Gasteiger partial charge in [0.15, 0.2) is 0 Å². The zero-order valence-electron chi connectivity index (χ0n) is 11.7. The molecule has 0 amide bonds. The summed E-state index contributed by atoms with van der Waals surface area (Å²) in [5.41, 5.74) is -0.106. The predicted molar refractivity (Wildman–Crippen MR) is 72.3 cm³/mol. The second-order valence-electron chi connectivity index (χ2n) is 4.84. The van der Waals surface area contributed by atoms with Gasteiger partial charge < -0.3 is 29.5 Å². The highest BCUT2D eigenvalue weighted by molar-refractivity contribution is 5.36. The molecule has 9 heteroatoms. The molecule has 9 nitrogen and oxygen atoms in total. The van der Waals surface area contributed by atoms with Crippen molar-refractivity contribution in [2.24, 2.45) is 0 Å². The maximum absolute atomic E-state index is 10.6. The van der Waals surface area contributed by atoms with Crippen LogP contribution in [0, 0.1) is 10.1 Å². The highest BCUT2D eigenvalue weighted by Gasteiger charge is 2.44. The number of hydrogen-bond acceptors (Lipinski definition) is 8. The molecular formula is C13H17NO8. The average molecular weight is 315 g/mol. The molecule has 2 rings (SSSR count). The van der Waals surface area contributed by atoms with E-state index in [0.29, 0.717) is 0 Å². The molecule has 0 saturated carbocycles. The van der Waals surface area contributed by atoms with Crippen LogP contribution in [0.5, 0.6) is 5.75 Å². The van der Waals surface area contributed by atoms with E-state index in [1.807, 2.05) is 0 Å². The third kappa shape index (κ3) is 3.51. The molecule has 1 heterocycles. The number of ether oxygens (including phenoxy) is 3. The molecule has 0 bridgehead atoms. The maximum atomic E-state index is 10.6. The quantitative estimate of drug-likeness (QED) is 0.486. The lowest BCUT2D eigenvalue weighted by Gasteiger charge is -2.39. The van der Waals surface area contributed by atoms with Crippen molar-refractivity contribution in [3.8, 4) is 5.75 Å². The van der Waals surface area contributed by atoms with Crippen molar-refractivity contribution >= 4 is 5.69 Å². The molecule has 0 aliphatic carbocycles. The van der Waals surface area contributed by atoms with Crippen molar-refractivity contribution in [3.63, 3.8) is 0 Å². The first kappa shape index (κ1) is 16.6.